The molecule has 3 rings (SSSR count). The summed E-state index contributed by atoms with van der Waals surface area (Å²) >= 11 is 5.16. The number of hydrogen-bond donors (Lipinski definition) is 0. The highest BCUT2D eigenvalue weighted by Gasteiger charge is 2.09. The average molecular weight is 403 g/mol. The van der Waals surface area contributed by atoms with E-state index < -0.39 is 0 Å². The highest BCUT2D eigenvalue weighted by atomic mass is 32.2. The number of carbonyl (C=O) groups is 1. The molecule has 0 fully saturated rings. The van der Waals surface area contributed by atoms with Gasteiger partial charge in [-0.2, -0.15) is 16.8 Å². The molecule has 0 aliphatic heterocycles. The molecule has 1 heterocycles. The third-order valence-electron chi connectivity index (χ3n) is 3.78. The molecule has 0 N–H and O–H groups in total. The van der Waals surface area contributed by atoms with Crippen LogP contribution in [0.4, 0.5) is 0 Å². The molecule has 0 aliphatic rings. The van der Waals surface area contributed by atoms with Gasteiger partial charge in [0.05, 0.1) is 10.2 Å². The number of carbonyl (C=O) groups excluding carboxylic acids is 1. The predicted octanol–water partition coefficient (Wildman–Crippen LogP) is 5.31. The molecular formula is C20H22N2OS3. The van der Waals surface area contributed by atoms with Gasteiger partial charge in [-0.05, 0) is 42.7 Å². The molecule has 1 amide bonds. The molecule has 26 heavy (non-hydrogen) atoms. The molecular weight excluding hydrogens is 380 g/mol. The number of thioether (sulfide) groups is 2. The number of aryl methyl sites for hydroxylation is 1. The Morgan fingerprint density at radius 3 is 2.58 bits per heavy atom. The lowest BCUT2D eigenvalue weighted by Gasteiger charge is -2.05. The summed E-state index contributed by atoms with van der Waals surface area (Å²) < 4.78 is 3.31. The Morgan fingerprint density at radius 2 is 1.88 bits per heavy atom. The van der Waals surface area contributed by atoms with Gasteiger partial charge in [0.25, 0.3) is 5.91 Å². The Morgan fingerprint density at radius 1 is 1.15 bits per heavy atom. The molecule has 0 spiro atoms. The van der Waals surface area contributed by atoms with E-state index in [1.807, 2.05) is 36.4 Å². The molecule has 3 aromatic rings. The van der Waals surface area contributed by atoms with E-state index in [2.05, 4.69) is 41.8 Å². The molecule has 0 saturated carbocycles. The lowest BCUT2D eigenvalue weighted by molar-refractivity contribution is 0.0998. The molecule has 0 unspecified atom stereocenters. The Kier molecular flexibility index (Phi) is 6.62. The van der Waals surface area contributed by atoms with E-state index in [4.69, 9.17) is 0 Å². The van der Waals surface area contributed by atoms with Crippen molar-refractivity contribution in [2.24, 2.45) is 4.99 Å². The topological polar surface area (TPSA) is 34.4 Å². The van der Waals surface area contributed by atoms with Crippen LogP contribution in [0.3, 0.4) is 0 Å². The maximum Gasteiger partial charge on any atom is 0.279 e. The van der Waals surface area contributed by atoms with E-state index in [-0.39, 0.29) is 5.91 Å². The molecule has 2 aromatic carbocycles. The summed E-state index contributed by atoms with van der Waals surface area (Å²) in [5.74, 6) is 0.805. The van der Waals surface area contributed by atoms with Crippen LogP contribution in [-0.2, 0) is 6.54 Å². The summed E-state index contributed by atoms with van der Waals surface area (Å²) in [4.78, 5) is 19.0. The quantitative estimate of drug-likeness (QED) is 0.524. The third kappa shape index (κ3) is 4.61. The SMILES string of the molecule is CSCCn1c(=NC(=O)c2ccc(SC(C)C)cc2)sc2ccccc21. The molecule has 0 atom stereocenters. The van der Waals surface area contributed by atoms with Crippen LogP contribution in [-0.4, -0.2) is 27.7 Å². The Hall–Kier alpha value is -1.50. The van der Waals surface area contributed by atoms with Crippen molar-refractivity contribution in [3.8, 4) is 0 Å². The number of para-hydroxylation sites is 1. The standard InChI is InChI=1S/C20H22N2OS3/c1-14(2)25-16-10-8-15(9-11-16)19(23)21-20-22(12-13-24-3)17-6-4-5-7-18(17)26-20/h4-11,14H,12-13H2,1-3H3. The Bertz CT molecular complexity index is 955. The normalized spacial score (nSPS) is 12.2. The molecule has 6 heteroatoms. The first-order valence-electron chi connectivity index (χ1n) is 8.51. The van der Waals surface area contributed by atoms with Crippen LogP contribution in [0.2, 0.25) is 0 Å². The van der Waals surface area contributed by atoms with Crippen molar-refractivity contribution >= 4 is 51.0 Å². The van der Waals surface area contributed by atoms with Crippen LogP contribution in [0, 0.1) is 0 Å². The fraction of sp³-hybridized carbons (Fsp3) is 0.300. The number of benzene rings is 2. The summed E-state index contributed by atoms with van der Waals surface area (Å²) in [6.07, 6.45) is 2.09. The van der Waals surface area contributed by atoms with Crippen molar-refractivity contribution in [2.45, 2.75) is 30.5 Å². The van der Waals surface area contributed by atoms with Crippen molar-refractivity contribution in [1.29, 1.82) is 0 Å². The molecule has 0 saturated heterocycles. The van der Waals surface area contributed by atoms with Gasteiger partial charge < -0.3 is 4.57 Å². The van der Waals surface area contributed by atoms with E-state index >= 15 is 0 Å². The van der Waals surface area contributed by atoms with Crippen molar-refractivity contribution < 1.29 is 4.79 Å². The molecule has 136 valence electrons. The lowest BCUT2D eigenvalue weighted by Crippen LogP contribution is -2.18. The minimum absolute atomic E-state index is 0.185. The van der Waals surface area contributed by atoms with E-state index in [1.54, 1.807) is 34.9 Å². The number of hydrogen-bond acceptors (Lipinski definition) is 4. The maximum atomic E-state index is 12.7. The van der Waals surface area contributed by atoms with Gasteiger partial charge in [-0.3, -0.25) is 4.79 Å². The molecule has 0 bridgehead atoms. The van der Waals surface area contributed by atoms with E-state index in [0.717, 1.165) is 27.3 Å². The van der Waals surface area contributed by atoms with Crippen LogP contribution < -0.4 is 4.80 Å². The van der Waals surface area contributed by atoms with Gasteiger partial charge in [0.15, 0.2) is 4.80 Å². The van der Waals surface area contributed by atoms with E-state index in [0.29, 0.717) is 10.8 Å². The highest BCUT2D eigenvalue weighted by Crippen LogP contribution is 2.23. The number of nitrogens with zero attached hydrogens (tertiary/aromatic N) is 2. The predicted molar refractivity (Wildman–Crippen MR) is 116 cm³/mol. The summed E-state index contributed by atoms with van der Waals surface area (Å²) in [7, 11) is 0. The summed E-state index contributed by atoms with van der Waals surface area (Å²) in [5, 5.41) is 0.523. The zero-order valence-electron chi connectivity index (χ0n) is 15.1. The van der Waals surface area contributed by atoms with Crippen LogP contribution in [0.5, 0.6) is 0 Å². The summed E-state index contributed by atoms with van der Waals surface area (Å²) in [6.45, 7) is 5.17. The molecule has 1 aromatic heterocycles. The Balaban J connectivity index is 1.94. The smallest absolute Gasteiger partial charge is 0.279 e. The fourth-order valence-electron chi connectivity index (χ4n) is 2.60. The van der Waals surface area contributed by atoms with E-state index in [1.165, 1.54) is 4.90 Å². The first-order chi connectivity index (χ1) is 12.6. The molecule has 0 radical (unpaired) electrons. The lowest BCUT2D eigenvalue weighted by atomic mass is 10.2. The number of amides is 1. The first kappa shape index (κ1) is 19.3. The van der Waals surface area contributed by atoms with Gasteiger partial charge in [-0.1, -0.05) is 37.3 Å². The molecule has 0 aliphatic carbocycles. The molecule has 3 nitrogen and oxygen atoms in total. The van der Waals surface area contributed by atoms with Crippen molar-refractivity contribution in [2.75, 3.05) is 12.0 Å². The van der Waals surface area contributed by atoms with Gasteiger partial charge in [0.1, 0.15) is 0 Å². The van der Waals surface area contributed by atoms with Gasteiger partial charge in [-0.25, -0.2) is 0 Å². The van der Waals surface area contributed by atoms with Crippen molar-refractivity contribution in [3.63, 3.8) is 0 Å². The second-order valence-corrected chi connectivity index (χ2v) is 9.75. The van der Waals surface area contributed by atoms with Gasteiger partial charge in [0, 0.05) is 28.0 Å². The summed E-state index contributed by atoms with van der Waals surface area (Å²) in [6, 6.07) is 16.0. The van der Waals surface area contributed by atoms with Crippen LogP contribution in [0.1, 0.15) is 24.2 Å². The Labute approximate surface area is 166 Å². The van der Waals surface area contributed by atoms with Crippen molar-refractivity contribution in [3.05, 3.63) is 58.9 Å². The zero-order chi connectivity index (χ0) is 18.5. The fourth-order valence-corrected chi connectivity index (χ4v) is 4.86. The average Bonchev–Trinajstić information content (AvgIpc) is 2.97. The van der Waals surface area contributed by atoms with E-state index in [9.17, 15) is 4.79 Å². The second-order valence-electron chi connectivity index (χ2n) is 6.10. The number of aromatic nitrogens is 1. The minimum Gasteiger partial charge on any atom is -0.316 e. The number of rotatable bonds is 6. The zero-order valence-corrected chi connectivity index (χ0v) is 17.6. The first-order valence-corrected chi connectivity index (χ1v) is 11.6. The summed E-state index contributed by atoms with van der Waals surface area (Å²) in [5.41, 5.74) is 1.77. The van der Waals surface area contributed by atoms with Crippen LogP contribution >= 0.6 is 34.9 Å². The van der Waals surface area contributed by atoms with Crippen LogP contribution in [0.25, 0.3) is 10.2 Å². The maximum absolute atomic E-state index is 12.7. The largest absolute Gasteiger partial charge is 0.316 e. The third-order valence-corrected chi connectivity index (χ3v) is 6.44. The second kappa shape index (κ2) is 8.93. The monoisotopic (exact) mass is 402 g/mol. The number of fused-ring (bicyclic) bond motifs is 1. The van der Waals surface area contributed by atoms with Gasteiger partial charge >= 0.3 is 0 Å². The minimum atomic E-state index is -0.185. The van der Waals surface area contributed by atoms with Gasteiger partial charge in [-0.15, -0.1) is 11.8 Å². The highest BCUT2D eigenvalue weighted by molar-refractivity contribution is 7.99. The van der Waals surface area contributed by atoms with Crippen LogP contribution in [0.15, 0.2) is 58.4 Å². The number of thiazole rings is 1. The van der Waals surface area contributed by atoms with Gasteiger partial charge in [0.2, 0.25) is 0 Å². The van der Waals surface area contributed by atoms with Crippen molar-refractivity contribution in [1.82, 2.24) is 4.57 Å².